The Kier molecular flexibility index (Phi) is 14.1. The largest absolute Gasteiger partial charge is 0.494 e. The van der Waals surface area contributed by atoms with Crippen LogP contribution in [0, 0.1) is 13.8 Å². The number of benzene rings is 3. The molecular formula is C41H45ClN4O5S. The fraction of sp³-hybridized carbons (Fsp3) is 0.293. The third-order valence-corrected chi connectivity index (χ3v) is 9.32. The van der Waals surface area contributed by atoms with Gasteiger partial charge in [-0.2, -0.15) is 0 Å². The highest BCUT2D eigenvalue weighted by molar-refractivity contribution is 7.09. The third-order valence-electron chi connectivity index (χ3n) is 8.57. The van der Waals surface area contributed by atoms with Crippen LogP contribution in [0.5, 0.6) is 28.9 Å². The van der Waals surface area contributed by atoms with Crippen LogP contribution < -0.4 is 18.9 Å². The first-order valence-corrected chi connectivity index (χ1v) is 18.2. The maximum Gasteiger partial charge on any atom is 0.246 e. The monoisotopic (exact) mass is 740 g/mol. The number of amides is 1. The maximum absolute atomic E-state index is 13.1. The normalized spacial score (nSPS) is 13.1. The van der Waals surface area contributed by atoms with Gasteiger partial charge in [0.05, 0.1) is 29.8 Å². The number of hydrogen-bond acceptors (Lipinski definition) is 9. The van der Waals surface area contributed by atoms with Gasteiger partial charge < -0.3 is 23.8 Å². The molecule has 1 aliphatic rings. The van der Waals surface area contributed by atoms with Gasteiger partial charge in [-0.3, -0.25) is 14.7 Å². The van der Waals surface area contributed by atoms with E-state index in [-0.39, 0.29) is 18.3 Å². The molecule has 9 nitrogen and oxygen atoms in total. The fourth-order valence-corrected chi connectivity index (χ4v) is 6.41. The van der Waals surface area contributed by atoms with Crippen molar-refractivity contribution >= 4 is 35.7 Å². The van der Waals surface area contributed by atoms with Crippen LogP contribution in [0.1, 0.15) is 39.6 Å². The maximum atomic E-state index is 13.1. The Balaban J connectivity index is 0.00000523. The number of piperazine rings is 1. The Bertz CT molecular complexity index is 1870. The zero-order chi connectivity index (χ0) is 35.4. The number of ether oxygens (including phenoxy) is 4. The number of nitrogens with zero attached hydrogens (tertiary/aromatic N) is 4. The predicted octanol–water partition coefficient (Wildman–Crippen LogP) is 8.33. The van der Waals surface area contributed by atoms with Crippen molar-refractivity contribution in [2.24, 2.45) is 0 Å². The van der Waals surface area contributed by atoms with E-state index in [0.29, 0.717) is 44.5 Å². The number of halogens is 1. The lowest BCUT2D eigenvalue weighted by molar-refractivity contribution is -0.127. The molecule has 52 heavy (non-hydrogen) atoms. The van der Waals surface area contributed by atoms with E-state index >= 15 is 0 Å². The van der Waals surface area contributed by atoms with Crippen LogP contribution in [0.25, 0.3) is 6.08 Å². The first-order chi connectivity index (χ1) is 24.9. The molecule has 0 N–H and O–H groups in total. The Morgan fingerprint density at radius 3 is 2.25 bits per heavy atom. The van der Waals surface area contributed by atoms with Crippen molar-refractivity contribution in [2.45, 2.75) is 40.3 Å². The van der Waals surface area contributed by atoms with Crippen LogP contribution in [-0.4, -0.2) is 65.1 Å². The van der Waals surface area contributed by atoms with E-state index in [1.54, 1.807) is 41.4 Å². The minimum absolute atomic E-state index is 0. The average Bonchev–Trinajstić information content (AvgIpc) is 3.67. The van der Waals surface area contributed by atoms with Crippen LogP contribution in [-0.2, 0) is 24.4 Å². The summed E-state index contributed by atoms with van der Waals surface area (Å²) in [6, 6.07) is 24.2. The van der Waals surface area contributed by atoms with Crippen LogP contribution in [0.2, 0.25) is 0 Å². The molecule has 3 heterocycles. The Labute approximate surface area is 316 Å². The number of carbonyl (C=O) groups is 1. The van der Waals surface area contributed by atoms with Gasteiger partial charge in [0, 0.05) is 63.6 Å². The highest BCUT2D eigenvalue weighted by Gasteiger charge is 2.20. The molecule has 272 valence electrons. The summed E-state index contributed by atoms with van der Waals surface area (Å²) in [5.41, 5.74) is 7.18. The van der Waals surface area contributed by atoms with Crippen molar-refractivity contribution in [2.75, 3.05) is 39.4 Å². The van der Waals surface area contributed by atoms with Crippen LogP contribution >= 0.6 is 23.7 Å². The van der Waals surface area contributed by atoms with Crippen molar-refractivity contribution in [3.05, 3.63) is 129 Å². The van der Waals surface area contributed by atoms with Crippen LogP contribution in [0.15, 0.2) is 96.8 Å². The second-order valence-electron chi connectivity index (χ2n) is 12.4. The standard InChI is InChI=1S/C41H44N4O5S.ClH/c1-4-47-35-6-5-7-36(24-35)48-21-16-32-8-10-33(11-9-32)27-44-17-19-45(20-18-44)40(46)15-12-34-22-30(2)41(31(3)23-34)50-39-14-13-37(25-43-39)49-28-38-26-42-29-51-38;/h5-15,22-26,29H,4,16-21,27-28H2,1-3H3;1H. The Morgan fingerprint density at radius 1 is 0.846 bits per heavy atom. The number of rotatable bonds is 15. The first-order valence-electron chi connectivity index (χ1n) is 17.3. The summed E-state index contributed by atoms with van der Waals surface area (Å²) in [5, 5.41) is 0. The second kappa shape index (κ2) is 19.1. The van der Waals surface area contributed by atoms with Gasteiger partial charge in [0.25, 0.3) is 0 Å². The quantitative estimate of drug-likeness (QED) is 0.0992. The summed E-state index contributed by atoms with van der Waals surface area (Å²) in [5.74, 6) is 3.59. The molecule has 1 amide bonds. The molecule has 0 spiro atoms. The van der Waals surface area contributed by atoms with E-state index in [1.165, 1.54) is 11.1 Å². The van der Waals surface area contributed by atoms with Crippen molar-refractivity contribution < 1.29 is 23.7 Å². The van der Waals surface area contributed by atoms with Crippen molar-refractivity contribution in [3.8, 4) is 28.9 Å². The van der Waals surface area contributed by atoms with Crippen LogP contribution in [0.3, 0.4) is 0 Å². The topological polar surface area (TPSA) is 86.3 Å². The lowest BCUT2D eigenvalue weighted by atomic mass is 10.1. The van der Waals surface area contributed by atoms with E-state index in [0.717, 1.165) is 64.9 Å². The molecule has 2 aromatic heterocycles. The number of hydrogen-bond donors (Lipinski definition) is 0. The molecule has 0 saturated carbocycles. The highest BCUT2D eigenvalue weighted by atomic mass is 35.5. The number of pyridine rings is 1. The smallest absolute Gasteiger partial charge is 0.246 e. The van der Waals surface area contributed by atoms with E-state index in [1.807, 2.05) is 74.2 Å². The molecular weight excluding hydrogens is 696 g/mol. The van der Waals surface area contributed by atoms with Gasteiger partial charge in [-0.05, 0) is 85.0 Å². The number of aryl methyl sites for hydroxylation is 2. The van der Waals surface area contributed by atoms with Crippen LogP contribution in [0.4, 0.5) is 0 Å². The highest BCUT2D eigenvalue weighted by Crippen LogP contribution is 2.30. The zero-order valence-corrected chi connectivity index (χ0v) is 31.5. The van der Waals surface area contributed by atoms with E-state index < -0.39 is 0 Å². The van der Waals surface area contributed by atoms with Gasteiger partial charge in [-0.25, -0.2) is 4.98 Å². The summed E-state index contributed by atoms with van der Waals surface area (Å²) >= 11 is 1.55. The minimum Gasteiger partial charge on any atom is -0.494 e. The van der Waals surface area contributed by atoms with Crippen molar-refractivity contribution in [1.82, 2.24) is 19.8 Å². The van der Waals surface area contributed by atoms with E-state index in [9.17, 15) is 4.79 Å². The van der Waals surface area contributed by atoms with Gasteiger partial charge in [0.1, 0.15) is 29.6 Å². The number of thiazole rings is 1. The van der Waals surface area contributed by atoms with E-state index in [2.05, 4.69) is 39.1 Å². The molecule has 5 aromatic rings. The molecule has 0 radical (unpaired) electrons. The first kappa shape index (κ1) is 38.3. The summed E-state index contributed by atoms with van der Waals surface area (Å²) in [4.78, 5) is 26.9. The molecule has 0 aliphatic carbocycles. The molecule has 3 aromatic carbocycles. The number of aromatic nitrogens is 2. The molecule has 1 aliphatic heterocycles. The van der Waals surface area contributed by atoms with E-state index in [4.69, 9.17) is 18.9 Å². The molecule has 0 atom stereocenters. The summed E-state index contributed by atoms with van der Waals surface area (Å²) in [6.07, 6.45) is 7.85. The van der Waals surface area contributed by atoms with Gasteiger partial charge in [0.15, 0.2) is 0 Å². The lowest BCUT2D eigenvalue weighted by Gasteiger charge is -2.34. The predicted molar refractivity (Wildman–Crippen MR) is 208 cm³/mol. The summed E-state index contributed by atoms with van der Waals surface area (Å²) in [6.45, 7) is 11.6. The Hall–Kier alpha value is -4.90. The van der Waals surface area contributed by atoms with Gasteiger partial charge in [-0.15, -0.1) is 23.7 Å². The SMILES string of the molecule is CCOc1cccc(OCCc2ccc(CN3CCN(C(=O)C=Cc4cc(C)c(Oc5ccc(OCc6cncs6)cn5)c(C)c4)CC3)cc2)c1.Cl. The van der Waals surface area contributed by atoms with Gasteiger partial charge >= 0.3 is 0 Å². The Morgan fingerprint density at radius 2 is 1.58 bits per heavy atom. The molecule has 0 bridgehead atoms. The van der Waals surface area contributed by atoms with Gasteiger partial charge in [-0.1, -0.05) is 30.3 Å². The fourth-order valence-electron chi connectivity index (χ4n) is 5.90. The lowest BCUT2D eigenvalue weighted by Crippen LogP contribution is -2.47. The van der Waals surface area contributed by atoms with Gasteiger partial charge in [0.2, 0.25) is 11.8 Å². The average molecular weight is 741 g/mol. The molecule has 6 rings (SSSR count). The molecule has 1 fully saturated rings. The second-order valence-corrected chi connectivity index (χ2v) is 13.4. The van der Waals surface area contributed by atoms with Crippen molar-refractivity contribution in [3.63, 3.8) is 0 Å². The minimum atomic E-state index is 0. The molecule has 11 heteroatoms. The molecule has 0 unspecified atom stereocenters. The number of carbonyl (C=O) groups excluding carboxylic acids is 1. The summed E-state index contributed by atoms with van der Waals surface area (Å²) in [7, 11) is 0. The van der Waals surface area contributed by atoms with Crippen molar-refractivity contribution in [1.29, 1.82) is 0 Å². The zero-order valence-electron chi connectivity index (χ0n) is 29.8. The summed E-state index contributed by atoms with van der Waals surface area (Å²) < 4.78 is 23.4. The molecule has 1 saturated heterocycles. The third kappa shape index (κ3) is 11.0.